The largest absolute Gasteiger partial charge is 0.368 e. The number of nitrogens with zero attached hydrogens (tertiary/aromatic N) is 3. The molecule has 1 atom stereocenters. The van der Waals surface area contributed by atoms with Crippen molar-refractivity contribution in [2.45, 2.75) is 51.0 Å². The summed E-state index contributed by atoms with van der Waals surface area (Å²) in [5.74, 6) is 2.14. The Labute approximate surface area is 153 Å². The Morgan fingerprint density at radius 3 is 2.69 bits per heavy atom. The number of nitrogens with one attached hydrogen (secondary N) is 1. The highest BCUT2D eigenvalue weighted by atomic mass is 16.1. The van der Waals surface area contributed by atoms with E-state index < -0.39 is 0 Å². The molecule has 3 aliphatic rings. The van der Waals surface area contributed by atoms with Crippen molar-refractivity contribution in [1.29, 1.82) is 0 Å². The maximum absolute atomic E-state index is 12.6. The van der Waals surface area contributed by atoms with Crippen molar-refractivity contribution < 1.29 is 4.79 Å². The molecule has 3 heterocycles. The summed E-state index contributed by atoms with van der Waals surface area (Å²) in [7, 11) is 0. The molecule has 6 nitrogen and oxygen atoms in total. The van der Waals surface area contributed by atoms with Gasteiger partial charge in [-0.1, -0.05) is 12.8 Å². The predicted molar refractivity (Wildman–Crippen MR) is 99.6 cm³/mol. The number of anilines is 1. The number of hydrogen-bond acceptors (Lipinski definition) is 4. The van der Waals surface area contributed by atoms with Crippen molar-refractivity contribution in [3.8, 4) is 11.4 Å². The summed E-state index contributed by atoms with van der Waals surface area (Å²) in [6.07, 6.45) is 9.41. The van der Waals surface area contributed by atoms with Crippen LogP contribution in [-0.4, -0.2) is 27.0 Å². The van der Waals surface area contributed by atoms with Crippen LogP contribution in [-0.2, 0) is 6.54 Å². The highest BCUT2D eigenvalue weighted by Gasteiger charge is 2.38. The van der Waals surface area contributed by atoms with E-state index in [0.29, 0.717) is 17.8 Å². The van der Waals surface area contributed by atoms with Gasteiger partial charge in [0.1, 0.15) is 0 Å². The lowest BCUT2D eigenvalue weighted by molar-refractivity contribution is 0.0923. The van der Waals surface area contributed by atoms with Gasteiger partial charge in [0.2, 0.25) is 5.95 Å². The first-order chi connectivity index (χ1) is 12.7. The molecule has 0 spiro atoms. The molecule has 0 bridgehead atoms. The van der Waals surface area contributed by atoms with Crippen molar-refractivity contribution in [1.82, 2.24) is 19.9 Å². The molecule has 2 aromatic rings. The minimum atomic E-state index is 0.0474. The van der Waals surface area contributed by atoms with E-state index in [1.807, 2.05) is 12.1 Å². The fraction of sp³-hybridized carbons (Fsp3) is 0.550. The molecule has 0 saturated heterocycles. The highest BCUT2D eigenvalue weighted by Crippen LogP contribution is 2.44. The normalized spacial score (nSPS) is 23.1. The Morgan fingerprint density at radius 2 is 2.04 bits per heavy atom. The van der Waals surface area contributed by atoms with Crippen molar-refractivity contribution in [2.24, 2.45) is 11.8 Å². The Bertz CT molecular complexity index is 850. The molecule has 1 amide bonds. The molecular weight excluding hydrogens is 326 g/mol. The summed E-state index contributed by atoms with van der Waals surface area (Å²) < 4.78 is 2.39. The second kappa shape index (κ2) is 6.11. The third-order valence-electron chi connectivity index (χ3n) is 6.54. The Hall–Kier alpha value is -2.37. The summed E-state index contributed by atoms with van der Waals surface area (Å²) in [5.41, 5.74) is 9.72. The standard InChI is InChI=1S/C20H25N5O/c21-20-22-8-7-16(24-20)17-9-14-18(25(17)11-12-3-1-4-12)15(10-23-19(14)26)13-5-2-6-13/h7-9,12-13,15H,1-6,10-11H2,(H,23,26)(H2,21,22,24). The SMILES string of the molecule is Nc1nccc(-c2cc3c(n2CC2CCC2)C(C2CCC2)CNC3=O)n1. The average Bonchev–Trinajstić information content (AvgIpc) is 2.92. The molecule has 26 heavy (non-hydrogen) atoms. The number of rotatable bonds is 4. The van der Waals surface area contributed by atoms with Gasteiger partial charge in [0.05, 0.1) is 17.0 Å². The summed E-state index contributed by atoms with van der Waals surface area (Å²) in [4.78, 5) is 21.1. The molecule has 2 aliphatic carbocycles. The first-order valence-electron chi connectivity index (χ1n) is 9.81. The van der Waals surface area contributed by atoms with Crippen LogP contribution in [0, 0.1) is 11.8 Å². The van der Waals surface area contributed by atoms with E-state index in [4.69, 9.17) is 5.73 Å². The predicted octanol–water partition coefficient (Wildman–Crippen LogP) is 2.95. The van der Waals surface area contributed by atoms with Crippen molar-refractivity contribution in [3.05, 3.63) is 29.6 Å². The molecule has 2 fully saturated rings. The fourth-order valence-electron chi connectivity index (χ4n) is 4.63. The smallest absolute Gasteiger partial charge is 0.253 e. The molecule has 2 aromatic heterocycles. The summed E-state index contributed by atoms with van der Waals surface area (Å²) in [6.45, 7) is 1.74. The van der Waals surface area contributed by atoms with Gasteiger partial charge in [0.25, 0.3) is 5.91 Å². The van der Waals surface area contributed by atoms with E-state index in [-0.39, 0.29) is 11.9 Å². The van der Waals surface area contributed by atoms with Gasteiger partial charge in [-0.2, -0.15) is 0 Å². The second-order valence-electron chi connectivity index (χ2n) is 8.04. The minimum absolute atomic E-state index is 0.0474. The van der Waals surface area contributed by atoms with Gasteiger partial charge in [0.15, 0.2) is 0 Å². The van der Waals surface area contributed by atoms with E-state index in [0.717, 1.165) is 30.0 Å². The Kier molecular flexibility index (Phi) is 3.72. The second-order valence-corrected chi connectivity index (χ2v) is 8.04. The lowest BCUT2D eigenvalue weighted by Gasteiger charge is -2.38. The monoisotopic (exact) mass is 351 g/mol. The number of nitrogen functional groups attached to an aromatic ring is 1. The molecule has 136 valence electrons. The zero-order valence-corrected chi connectivity index (χ0v) is 14.9. The molecule has 0 radical (unpaired) electrons. The number of hydrogen-bond donors (Lipinski definition) is 2. The van der Waals surface area contributed by atoms with E-state index >= 15 is 0 Å². The van der Waals surface area contributed by atoms with Gasteiger partial charge in [-0.15, -0.1) is 0 Å². The fourth-order valence-corrected chi connectivity index (χ4v) is 4.63. The van der Waals surface area contributed by atoms with Crippen LogP contribution in [0.25, 0.3) is 11.4 Å². The van der Waals surface area contributed by atoms with Crippen LogP contribution in [0.2, 0.25) is 0 Å². The Morgan fingerprint density at radius 1 is 1.23 bits per heavy atom. The van der Waals surface area contributed by atoms with Crippen LogP contribution in [0.5, 0.6) is 0 Å². The van der Waals surface area contributed by atoms with E-state index in [9.17, 15) is 4.79 Å². The quantitative estimate of drug-likeness (QED) is 0.887. The van der Waals surface area contributed by atoms with Crippen LogP contribution >= 0.6 is 0 Å². The molecule has 3 N–H and O–H groups in total. The van der Waals surface area contributed by atoms with Gasteiger partial charge in [-0.3, -0.25) is 4.79 Å². The number of fused-ring (bicyclic) bond motifs is 1. The minimum Gasteiger partial charge on any atom is -0.368 e. The van der Waals surface area contributed by atoms with Crippen molar-refractivity contribution in [2.75, 3.05) is 12.3 Å². The average molecular weight is 351 g/mol. The van der Waals surface area contributed by atoms with Crippen LogP contribution in [0.4, 0.5) is 5.95 Å². The number of aromatic nitrogens is 3. The molecule has 1 unspecified atom stereocenters. The van der Waals surface area contributed by atoms with Crippen molar-refractivity contribution in [3.63, 3.8) is 0 Å². The molecule has 5 rings (SSSR count). The molecule has 6 heteroatoms. The van der Waals surface area contributed by atoms with Gasteiger partial charge < -0.3 is 15.6 Å². The third kappa shape index (κ3) is 2.50. The lowest BCUT2D eigenvalue weighted by atomic mass is 9.72. The van der Waals surface area contributed by atoms with E-state index in [1.165, 1.54) is 44.2 Å². The Balaban J connectivity index is 1.65. The van der Waals surface area contributed by atoms with Crippen LogP contribution < -0.4 is 11.1 Å². The maximum Gasteiger partial charge on any atom is 0.253 e. The molecule has 2 saturated carbocycles. The summed E-state index contributed by atoms with van der Waals surface area (Å²) in [5, 5.41) is 3.11. The summed E-state index contributed by atoms with van der Waals surface area (Å²) in [6, 6.07) is 3.92. The maximum atomic E-state index is 12.6. The molecule has 0 aromatic carbocycles. The first kappa shape index (κ1) is 15.9. The topological polar surface area (TPSA) is 85.8 Å². The lowest BCUT2D eigenvalue weighted by Crippen LogP contribution is -2.40. The van der Waals surface area contributed by atoms with Gasteiger partial charge in [0, 0.05) is 30.9 Å². The zero-order valence-electron chi connectivity index (χ0n) is 14.9. The number of carbonyl (C=O) groups is 1. The summed E-state index contributed by atoms with van der Waals surface area (Å²) >= 11 is 0. The molecular formula is C20H25N5O. The highest BCUT2D eigenvalue weighted by molar-refractivity contribution is 5.98. The number of nitrogens with two attached hydrogens (primary N) is 1. The van der Waals surface area contributed by atoms with Gasteiger partial charge in [-0.25, -0.2) is 9.97 Å². The van der Waals surface area contributed by atoms with Gasteiger partial charge >= 0.3 is 0 Å². The van der Waals surface area contributed by atoms with Crippen LogP contribution in [0.15, 0.2) is 18.3 Å². The molecule has 1 aliphatic heterocycles. The van der Waals surface area contributed by atoms with Crippen molar-refractivity contribution >= 4 is 11.9 Å². The van der Waals surface area contributed by atoms with E-state index in [1.54, 1.807) is 6.20 Å². The number of carbonyl (C=O) groups excluding carboxylic acids is 1. The first-order valence-corrected chi connectivity index (χ1v) is 9.81. The van der Waals surface area contributed by atoms with Crippen LogP contribution in [0.3, 0.4) is 0 Å². The third-order valence-corrected chi connectivity index (χ3v) is 6.54. The zero-order chi connectivity index (χ0) is 17.7. The van der Waals surface area contributed by atoms with E-state index in [2.05, 4.69) is 19.9 Å². The van der Waals surface area contributed by atoms with Gasteiger partial charge in [-0.05, 0) is 49.7 Å². The number of amides is 1. The van der Waals surface area contributed by atoms with Crippen LogP contribution in [0.1, 0.15) is 60.5 Å².